The molecule has 0 amide bonds. The van der Waals surface area contributed by atoms with E-state index in [0.717, 1.165) is 18.0 Å². The first kappa shape index (κ1) is 19.3. The molecule has 1 heterocycles. The van der Waals surface area contributed by atoms with Gasteiger partial charge in [0.25, 0.3) is 0 Å². The SMILES string of the molecule is O=C(CNc1cccc(C(=O)O)c1)CSc1ccc(N2CCCCC2)cc1. The van der Waals surface area contributed by atoms with Crippen LogP contribution in [0.5, 0.6) is 0 Å². The van der Waals surface area contributed by atoms with Crippen LogP contribution in [0.25, 0.3) is 0 Å². The number of hydrogen-bond acceptors (Lipinski definition) is 5. The van der Waals surface area contributed by atoms with Gasteiger partial charge < -0.3 is 15.3 Å². The Morgan fingerprint density at radius 3 is 2.48 bits per heavy atom. The summed E-state index contributed by atoms with van der Waals surface area (Å²) in [6, 6.07) is 14.9. The number of carboxylic acids is 1. The van der Waals surface area contributed by atoms with Crippen molar-refractivity contribution in [2.24, 2.45) is 0 Å². The predicted molar refractivity (Wildman–Crippen MR) is 110 cm³/mol. The molecule has 0 atom stereocenters. The topological polar surface area (TPSA) is 69.6 Å². The lowest BCUT2D eigenvalue weighted by Gasteiger charge is -2.28. The smallest absolute Gasteiger partial charge is 0.335 e. The second kappa shape index (κ2) is 9.46. The number of nitrogens with zero attached hydrogens (tertiary/aromatic N) is 1. The van der Waals surface area contributed by atoms with Crippen molar-refractivity contribution in [2.75, 3.05) is 35.6 Å². The molecular weight excluding hydrogens is 360 g/mol. The molecule has 0 spiro atoms. The molecule has 0 bridgehead atoms. The van der Waals surface area contributed by atoms with Gasteiger partial charge >= 0.3 is 5.97 Å². The summed E-state index contributed by atoms with van der Waals surface area (Å²) in [5.74, 6) is -0.524. The van der Waals surface area contributed by atoms with Crippen molar-refractivity contribution in [1.29, 1.82) is 0 Å². The van der Waals surface area contributed by atoms with Crippen LogP contribution in [-0.4, -0.2) is 42.2 Å². The van der Waals surface area contributed by atoms with Crippen LogP contribution < -0.4 is 10.2 Å². The molecule has 1 aliphatic heterocycles. The zero-order valence-electron chi connectivity index (χ0n) is 15.2. The van der Waals surface area contributed by atoms with Crippen molar-refractivity contribution in [3.05, 3.63) is 54.1 Å². The Balaban J connectivity index is 1.45. The number of piperidine rings is 1. The van der Waals surface area contributed by atoms with Crippen molar-refractivity contribution >= 4 is 34.9 Å². The van der Waals surface area contributed by atoms with Crippen LogP contribution >= 0.6 is 11.8 Å². The van der Waals surface area contributed by atoms with Gasteiger partial charge in [0.1, 0.15) is 0 Å². The maximum absolute atomic E-state index is 12.1. The van der Waals surface area contributed by atoms with Crippen LogP contribution in [0.4, 0.5) is 11.4 Å². The number of Topliss-reactive ketones (excluding diaryl/α,β-unsaturated/α-hetero) is 1. The van der Waals surface area contributed by atoms with E-state index >= 15 is 0 Å². The molecule has 1 aliphatic rings. The molecule has 0 radical (unpaired) electrons. The highest BCUT2D eigenvalue weighted by Crippen LogP contribution is 2.24. The average Bonchev–Trinajstić information content (AvgIpc) is 2.72. The Morgan fingerprint density at radius 2 is 1.78 bits per heavy atom. The molecule has 142 valence electrons. The van der Waals surface area contributed by atoms with Gasteiger partial charge in [-0.1, -0.05) is 6.07 Å². The molecular formula is C21H24N2O3S. The summed E-state index contributed by atoms with van der Waals surface area (Å²) in [5.41, 5.74) is 2.10. The molecule has 27 heavy (non-hydrogen) atoms. The molecule has 2 aromatic rings. The van der Waals surface area contributed by atoms with E-state index in [-0.39, 0.29) is 17.9 Å². The van der Waals surface area contributed by atoms with Gasteiger partial charge in [-0.3, -0.25) is 4.79 Å². The maximum atomic E-state index is 12.1. The Kier molecular flexibility index (Phi) is 6.76. The first-order valence-corrected chi connectivity index (χ1v) is 10.2. The van der Waals surface area contributed by atoms with Crippen LogP contribution in [0, 0.1) is 0 Å². The Bertz CT molecular complexity index is 786. The number of hydrogen-bond donors (Lipinski definition) is 2. The van der Waals surface area contributed by atoms with Crippen molar-refractivity contribution in [2.45, 2.75) is 24.2 Å². The van der Waals surface area contributed by atoms with E-state index in [4.69, 9.17) is 5.11 Å². The number of anilines is 2. The van der Waals surface area contributed by atoms with E-state index in [2.05, 4.69) is 34.5 Å². The first-order valence-electron chi connectivity index (χ1n) is 9.18. The molecule has 5 nitrogen and oxygen atoms in total. The van der Waals surface area contributed by atoms with E-state index in [1.54, 1.807) is 12.1 Å². The third-order valence-electron chi connectivity index (χ3n) is 4.56. The van der Waals surface area contributed by atoms with E-state index in [9.17, 15) is 9.59 Å². The van der Waals surface area contributed by atoms with Crippen molar-refractivity contribution in [3.63, 3.8) is 0 Å². The molecule has 0 aromatic heterocycles. The molecule has 0 saturated carbocycles. The molecule has 2 aromatic carbocycles. The largest absolute Gasteiger partial charge is 0.478 e. The van der Waals surface area contributed by atoms with Gasteiger partial charge in [-0.2, -0.15) is 0 Å². The Morgan fingerprint density at radius 1 is 1.04 bits per heavy atom. The zero-order chi connectivity index (χ0) is 19.1. The highest BCUT2D eigenvalue weighted by Gasteiger charge is 2.11. The third kappa shape index (κ3) is 5.76. The summed E-state index contributed by atoms with van der Waals surface area (Å²) in [6.07, 6.45) is 3.84. The molecule has 0 unspecified atom stereocenters. The second-order valence-electron chi connectivity index (χ2n) is 6.61. The molecule has 3 rings (SSSR count). The van der Waals surface area contributed by atoms with Gasteiger partial charge in [0.15, 0.2) is 5.78 Å². The fourth-order valence-electron chi connectivity index (χ4n) is 3.08. The number of carbonyl (C=O) groups excluding carboxylic acids is 1. The monoisotopic (exact) mass is 384 g/mol. The summed E-state index contributed by atoms with van der Waals surface area (Å²) in [5, 5.41) is 12.0. The van der Waals surface area contributed by atoms with Crippen LogP contribution in [0.1, 0.15) is 29.6 Å². The van der Waals surface area contributed by atoms with Crippen molar-refractivity contribution in [3.8, 4) is 0 Å². The van der Waals surface area contributed by atoms with E-state index < -0.39 is 5.97 Å². The minimum Gasteiger partial charge on any atom is -0.478 e. The number of thioether (sulfide) groups is 1. The zero-order valence-corrected chi connectivity index (χ0v) is 16.0. The average molecular weight is 385 g/mol. The maximum Gasteiger partial charge on any atom is 0.335 e. The van der Waals surface area contributed by atoms with Crippen LogP contribution in [0.15, 0.2) is 53.4 Å². The number of nitrogens with one attached hydrogen (secondary N) is 1. The second-order valence-corrected chi connectivity index (χ2v) is 7.66. The fourth-order valence-corrected chi connectivity index (χ4v) is 3.84. The summed E-state index contributed by atoms with van der Waals surface area (Å²) >= 11 is 1.52. The lowest BCUT2D eigenvalue weighted by molar-refractivity contribution is -0.115. The minimum atomic E-state index is -0.978. The van der Waals surface area contributed by atoms with E-state index in [0.29, 0.717) is 11.4 Å². The van der Waals surface area contributed by atoms with Crippen LogP contribution in [-0.2, 0) is 4.79 Å². The number of benzene rings is 2. The number of ketones is 1. The molecule has 1 fully saturated rings. The van der Waals surface area contributed by atoms with E-state index in [1.165, 1.54) is 48.8 Å². The summed E-state index contributed by atoms with van der Waals surface area (Å²) in [4.78, 5) is 26.6. The van der Waals surface area contributed by atoms with Gasteiger partial charge in [-0.25, -0.2) is 4.79 Å². The number of aromatic carboxylic acids is 1. The number of carboxylic acid groups (broad SMARTS) is 1. The van der Waals surface area contributed by atoms with Gasteiger partial charge in [-0.15, -0.1) is 11.8 Å². The molecule has 0 aliphatic carbocycles. The van der Waals surface area contributed by atoms with Gasteiger partial charge in [0.2, 0.25) is 0 Å². The highest BCUT2D eigenvalue weighted by atomic mass is 32.2. The van der Waals surface area contributed by atoms with Crippen LogP contribution in [0.2, 0.25) is 0 Å². The normalized spacial score (nSPS) is 14.0. The first-order chi connectivity index (χ1) is 13.1. The fraction of sp³-hybridized carbons (Fsp3) is 0.333. The minimum absolute atomic E-state index is 0.0702. The Hall–Kier alpha value is -2.47. The molecule has 2 N–H and O–H groups in total. The highest BCUT2D eigenvalue weighted by molar-refractivity contribution is 8.00. The lowest BCUT2D eigenvalue weighted by Crippen LogP contribution is -2.29. The van der Waals surface area contributed by atoms with Crippen molar-refractivity contribution in [1.82, 2.24) is 0 Å². The summed E-state index contributed by atoms with van der Waals surface area (Å²) in [7, 11) is 0. The van der Waals surface area contributed by atoms with Gasteiger partial charge in [0.05, 0.1) is 17.9 Å². The van der Waals surface area contributed by atoms with E-state index in [1.807, 2.05) is 0 Å². The Labute approximate surface area is 163 Å². The van der Waals surface area contributed by atoms with Crippen LogP contribution in [0.3, 0.4) is 0 Å². The molecule has 6 heteroatoms. The summed E-state index contributed by atoms with van der Waals surface area (Å²) < 4.78 is 0. The third-order valence-corrected chi connectivity index (χ3v) is 5.63. The number of carbonyl (C=O) groups is 2. The summed E-state index contributed by atoms with van der Waals surface area (Å²) in [6.45, 7) is 2.43. The predicted octanol–water partition coefficient (Wildman–Crippen LogP) is 4.15. The quantitative estimate of drug-likeness (QED) is 0.667. The molecule has 1 saturated heterocycles. The number of rotatable bonds is 8. The van der Waals surface area contributed by atoms with Gasteiger partial charge in [-0.05, 0) is 61.7 Å². The standard InChI is InChI=1S/C21H24N2O3S/c24-19(14-22-17-6-4-5-16(13-17)21(25)26)15-27-20-9-7-18(8-10-20)23-11-2-1-3-12-23/h4-10,13,22H,1-3,11-12,14-15H2,(H,25,26). The van der Waals surface area contributed by atoms with Crippen molar-refractivity contribution < 1.29 is 14.7 Å². The lowest BCUT2D eigenvalue weighted by atomic mass is 10.1. The van der Waals surface area contributed by atoms with Gasteiger partial charge in [0, 0.05) is 29.4 Å².